The summed E-state index contributed by atoms with van der Waals surface area (Å²) in [7, 11) is 0. The van der Waals surface area contributed by atoms with Gasteiger partial charge in [-0.15, -0.1) is 0 Å². The summed E-state index contributed by atoms with van der Waals surface area (Å²) < 4.78 is 5.49. The van der Waals surface area contributed by atoms with E-state index in [-0.39, 0.29) is 23.5 Å². The predicted molar refractivity (Wildman–Crippen MR) is 135 cm³/mol. The number of phenolic OH excluding ortho intramolecular Hbond substituents is 1. The molecule has 4 heteroatoms. The molecule has 0 bridgehead atoms. The number of hydrogen-bond acceptors (Lipinski definition) is 4. The lowest BCUT2D eigenvalue weighted by molar-refractivity contribution is 0.0246. The third kappa shape index (κ3) is 11.2. The van der Waals surface area contributed by atoms with Crippen LogP contribution in [0.5, 0.6) is 11.5 Å². The number of aliphatic hydroxyl groups excluding tert-OH is 1. The van der Waals surface area contributed by atoms with Gasteiger partial charge in [0.25, 0.3) is 0 Å². The maximum absolute atomic E-state index is 12.1. The topological polar surface area (TPSA) is 66.8 Å². The number of ketones is 1. The van der Waals surface area contributed by atoms with E-state index in [1.54, 1.807) is 24.3 Å². The molecule has 0 aliphatic rings. The quantitative estimate of drug-likeness (QED) is 0.114. The molecule has 4 nitrogen and oxygen atoms in total. The molecule has 0 saturated heterocycles. The molecule has 0 aliphatic carbocycles. The van der Waals surface area contributed by atoms with Gasteiger partial charge in [-0.25, -0.2) is 0 Å². The maximum Gasteiger partial charge on any atom is 0.217 e. The molecule has 0 fully saturated rings. The van der Waals surface area contributed by atoms with E-state index >= 15 is 0 Å². The molecule has 0 radical (unpaired) electrons. The van der Waals surface area contributed by atoms with Gasteiger partial charge in [0.05, 0.1) is 5.56 Å². The Labute approximate surface area is 199 Å². The molecule has 0 aliphatic heterocycles. The minimum Gasteiger partial charge on any atom is -0.507 e. The molecule has 180 valence electrons. The second kappa shape index (κ2) is 16.1. The first kappa shape index (κ1) is 26.7. The van der Waals surface area contributed by atoms with E-state index in [9.17, 15) is 15.0 Å². The normalized spacial score (nSPS) is 12.2. The first-order chi connectivity index (χ1) is 16.1. The molecule has 2 aromatic rings. The Morgan fingerprint density at radius 1 is 0.879 bits per heavy atom. The van der Waals surface area contributed by atoms with Crippen molar-refractivity contribution in [2.45, 2.75) is 90.3 Å². The van der Waals surface area contributed by atoms with Crippen molar-refractivity contribution in [3.8, 4) is 11.5 Å². The van der Waals surface area contributed by atoms with Crippen LogP contribution in [0.4, 0.5) is 0 Å². The molecule has 33 heavy (non-hydrogen) atoms. The molecule has 0 spiro atoms. The van der Waals surface area contributed by atoms with Crippen molar-refractivity contribution in [2.75, 3.05) is 0 Å². The van der Waals surface area contributed by atoms with E-state index in [2.05, 4.69) is 6.92 Å². The van der Waals surface area contributed by atoms with Crippen LogP contribution in [0.3, 0.4) is 0 Å². The number of aromatic hydroxyl groups is 1. The fourth-order valence-electron chi connectivity index (χ4n) is 3.84. The van der Waals surface area contributed by atoms with Gasteiger partial charge in [0.1, 0.15) is 11.5 Å². The number of carbonyl (C=O) groups excluding carboxylic acids is 1. The van der Waals surface area contributed by atoms with Crippen molar-refractivity contribution in [3.63, 3.8) is 0 Å². The molecule has 1 atom stereocenters. The highest BCUT2D eigenvalue weighted by Crippen LogP contribution is 2.19. The average molecular weight is 453 g/mol. The number of ether oxygens (including phenoxy) is 1. The van der Waals surface area contributed by atoms with E-state index in [0.717, 1.165) is 6.42 Å². The zero-order valence-electron chi connectivity index (χ0n) is 20.0. The van der Waals surface area contributed by atoms with Crippen LogP contribution in [0, 0.1) is 0 Å². The molecular weight excluding hydrogens is 412 g/mol. The standard InChI is InChI=1S/C29H40O4/c1-2-3-4-5-6-7-8-9-10-11-15-24-20-22-25(23-21-24)33-29(32)19-14-18-28(31)26-16-12-13-17-27(26)30/h12-14,16-17,19-23,29-30,32H,2-11,15,18H2,1H3. The van der Waals surface area contributed by atoms with Crippen LogP contribution in [0.1, 0.15) is 93.5 Å². The summed E-state index contributed by atoms with van der Waals surface area (Å²) in [6.07, 6.45) is 16.4. The summed E-state index contributed by atoms with van der Waals surface area (Å²) in [5.74, 6) is 0.337. The van der Waals surface area contributed by atoms with Crippen molar-refractivity contribution in [2.24, 2.45) is 0 Å². The van der Waals surface area contributed by atoms with E-state index in [4.69, 9.17) is 4.74 Å². The Balaban J connectivity index is 1.60. The number of Topliss-reactive ketones (excluding diaryl/α,β-unsaturated/α-hetero) is 1. The average Bonchev–Trinajstić information content (AvgIpc) is 2.81. The first-order valence-electron chi connectivity index (χ1n) is 12.5. The molecule has 0 saturated carbocycles. The van der Waals surface area contributed by atoms with Gasteiger partial charge in [-0.2, -0.15) is 0 Å². The zero-order valence-corrected chi connectivity index (χ0v) is 20.0. The number of unbranched alkanes of at least 4 members (excludes halogenated alkanes) is 9. The zero-order chi connectivity index (χ0) is 23.7. The molecule has 1 unspecified atom stereocenters. The third-order valence-corrected chi connectivity index (χ3v) is 5.81. The number of rotatable bonds is 17. The predicted octanol–water partition coefficient (Wildman–Crippen LogP) is 7.38. The lowest BCUT2D eigenvalue weighted by Crippen LogP contribution is -2.12. The smallest absolute Gasteiger partial charge is 0.217 e. The van der Waals surface area contributed by atoms with Crippen molar-refractivity contribution in [3.05, 3.63) is 71.8 Å². The third-order valence-electron chi connectivity index (χ3n) is 5.81. The second-order valence-corrected chi connectivity index (χ2v) is 8.66. The van der Waals surface area contributed by atoms with Gasteiger partial charge in [0.15, 0.2) is 5.78 Å². The SMILES string of the molecule is CCCCCCCCCCCCc1ccc(OC(O)C=CCC(=O)c2ccccc2O)cc1. The summed E-state index contributed by atoms with van der Waals surface area (Å²) in [4.78, 5) is 12.1. The summed E-state index contributed by atoms with van der Waals surface area (Å²) >= 11 is 0. The van der Waals surface area contributed by atoms with Crippen molar-refractivity contribution in [1.82, 2.24) is 0 Å². The number of aryl methyl sites for hydroxylation is 1. The van der Waals surface area contributed by atoms with Crippen LogP contribution in [0.25, 0.3) is 0 Å². The summed E-state index contributed by atoms with van der Waals surface area (Å²) in [6, 6.07) is 14.3. The summed E-state index contributed by atoms with van der Waals surface area (Å²) in [5, 5.41) is 19.8. The first-order valence-corrected chi connectivity index (χ1v) is 12.5. The molecule has 0 heterocycles. The molecule has 2 rings (SSSR count). The second-order valence-electron chi connectivity index (χ2n) is 8.66. The summed E-state index contributed by atoms with van der Waals surface area (Å²) in [5.41, 5.74) is 1.55. The van der Waals surface area contributed by atoms with Crippen LogP contribution in [-0.4, -0.2) is 22.3 Å². The highest BCUT2D eigenvalue weighted by atomic mass is 16.6. The van der Waals surface area contributed by atoms with Crippen LogP contribution >= 0.6 is 0 Å². The largest absolute Gasteiger partial charge is 0.507 e. The minimum atomic E-state index is -1.13. The van der Waals surface area contributed by atoms with Gasteiger partial charge in [-0.05, 0) is 48.7 Å². The molecule has 0 amide bonds. The van der Waals surface area contributed by atoms with E-state index < -0.39 is 6.29 Å². The number of para-hydroxylation sites is 1. The fourth-order valence-corrected chi connectivity index (χ4v) is 3.84. The number of allylic oxidation sites excluding steroid dienone is 1. The highest BCUT2D eigenvalue weighted by Gasteiger charge is 2.09. The molecular formula is C29H40O4. The molecule has 2 aromatic carbocycles. The van der Waals surface area contributed by atoms with Crippen LogP contribution in [0.2, 0.25) is 0 Å². The van der Waals surface area contributed by atoms with Gasteiger partial charge < -0.3 is 14.9 Å². The number of carbonyl (C=O) groups is 1. The van der Waals surface area contributed by atoms with E-state index in [0.29, 0.717) is 5.75 Å². The molecule has 2 N–H and O–H groups in total. The fraction of sp³-hybridized carbons (Fsp3) is 0.483. The number of benzene rings is 2. The van der Waals surface area contributed by atoms with Gasteiger partial charge in [-0.1, -0.05) is 95.1 Å². The lowest BCUT2D eigenvalue weighted by atomic mass is 10.0. The van der Waals surface area contributed by atoms with Crippen molar-refractivity contribution in [1.29, 1.82) is 0 Å². The lowest BCUT2D eigenvalue weighted by Gasteiger charge is -2.10. The van der Waals surface area contributed by atoms with Crippen LogP contribution < -0.4 is 4.74 Å². The van der Waals surface area contributed by atoms with E-state index in [1.807, 2.05) is 24.3 Å². The Hall–Kier alpha value is -2.59. The van der Waals surface area contributed by atoms with Crippen LogP contribution in [-0.2, 0) is 6.42 Å². The van der Waals surface area contributed by atoms with Crippen LogP contribution in [0.15, 0.2) is 60.7 Å². The summed E-state index contributed by atoms with van der Waals surface area (Å²) in [6.45, 7) is 2.26. The monoisotopic (exact) mass is 452 g/mol. The Morgan fingerprint density at radius 2 is 1.48 bits per heavy atom. The van der Waals surface area contributed by atoms with Gasteiger partial charge in [0.2, 0.25) is 6.29 Å². The Kier molecular flexibility index (Phi) is 13.0. The number of aliphatic hydroxyl groups is 1. The molecule has 0 aromatic heterocycles. The van der Waals surface area contributed by atoms with Gasteiger partial charge >= 0.3 is 0 Å². The van der Waals surface area contributed by atoms with Crippen molar-refractivity contribution < 1.29 is 19.7 Å². The number of hydrogen-bond donors (Lipinski definition) is 2. The highest BCUT2D eigenvalue weighted by molar-refractivity contribution is 5.99. The minimum absolute atomic E-state index is 0.0365. The Morgan fingerprint density at radius 3 is 2.12 bits per heavy atom. The van der Waals surface area contributed by atoms with Crippen molar-refractivity contribution >= 4 is 5.78 Å². The Bertz CT molecular complexity index is 826. The van der Waals surface area contributed by atoms with Gasteiger partial charge in [-0.3, -0.25) is 4.79 Å². The number of phenols is 1. The van der Waals surface area contributed by atoms with E-state index in [1.165, 1.54) is 81.9 Å². The maximum atomic E-state index is 12.1. The van der Waals surface area contributed by atoms with Gasteiger partial charge in [0, 0.05) is 6.42 Å².